The van der Waals surface area contributed by atoms with Crippen molar-refractivity contribution in [1.82, 2.24) is 0 Å². The van der Waals surface area contributed by atoms with E-state index in [1.807, 2.05) is 0 Å². The Morgan fingerprint density at radius 1 is 0.460 bits per heavy atom. The standard InChI is InChI=1S/C30H16F10O8S2/c31-21-11-5-17(13-23(21)49(43,44)45)25(41)15-1-7-19(8-2-15)27(33,34)29(37,38)30(39,40)28(35,36)20-9-3-16(4-10-20)26(42)18-6-12-22(32)24(14-18)50(46,47)48/h1-14H,(H,43,44,45)(H,46,47,48). The molecule has 20 heteroatoms. The Labute approximate surface area is 274 Å². The third-order valence-corrected chi connectivity index (χ3v) is 8.88. The fourth-order valence-electron chi connectivity index (χ4n) is 4.44. The van der Waals surface area contributed by atoms with E-state index in [2.05, 4.69) is 0 Å². The molecule has 0 aliphatic heterocycles. The Bertz CT molecular complexity index is 2060. The molecule has 0 radical (unpaired) electrons. The molecule has 0 bridgehead atoms. The lowest BCUT2D eigenvalue weighted by molar-refractivity contribution is -0.374. The van der Waals surface area contributed by atoms with Crippen molar-refractivity contribution >= 4 is 31.8 Å². The van der Waals surface area contributed by atoms with Crippen LogP contribution in [0.15, 0.2) is 94.7 Å². The zero-order chi connectivity index (χ0) is 37.8. The minimum Gasteiger partial charge on any atom is -0.289 e. The number of alkyl halides is 8. The first-order valence-corrected chi connectivity index (χ1v) is 16.0. The fourth-order valence-corrected chi connectivity index (χ4v) is 5.62. The molecule has 4 rings (SSSR count). The first-order valence-electron chi connectivity index (χ1n) is 13.1. The second kappa shape index (κ2) is 12.6. The summed E-state index contributed by atoms with van der Waals surface area (Å²) in [5.41, 5.74) is -6.58. The van der Waals surface area contributed by atoms with Crippen LogP contribution in [0.2, 0.25) is 0 Å². The molecule has 0 amide bonds. The summed E-state index contributed by atoms with van der Waals surface area (Å²) >= 11 is 0. The van der Waals surface area contributed by atoms with Gasteiger partial charge in [-0.25, -0.2) is 8.78 Å². The highest BCUT2D eigenvalue weighted by Gasteiger charge is 2.81. The molecule has 0 aliphatic carbocycles. The van der Waals surface area contributed by atoms with E-state index in [4.69, 9.17) is 9.11 Å². The van der Waals surface area contributed by atoms with Crippen molar-refractivity contribution in [1.29, 1.82) is 0 Å². The van der Waals surface area contributed by atoms with Gasteiger partial charge in [0.15, 0.2) is 11.6 Å². The van der Waals surface area contributed by atoms with Gasteiger partial charge in [0.25, 0.3) is 20.2 Å². The van der Waals surface area contributed by atoms with Gasteiger partial charge in [-0.3, -0.25) is 18.7 Å². The molecule has 0 fully saturated rings. The van der Waals surface area contributed by atoms with E-state index in [9.17, 15) is 70.3 Å². The molecular formula is C30H16F10O8S2. The van der Waals surface area contributed by atoms with Crippen LogP contribution in [0.25, 0.3) is 0 Å². The highest BCUT2D eigenvalue weighted by atomic mass is 32.2. The number of carbonyl (C=O) groups excluding carboxylic acids is 2. The first kappa shape index (κ1) is 38.1. The number of benzene rings is 4. The number of hydrogen-bond donors (Lipinski definition) is 2. The second-order valence-corrected chi connectivity index (χ2v) is 13.1. The molecule has 0 saturated carbocycles. The Balaban J connectivity index is 1.62. The molecule has 0 unspecified atom stereocenters. The molecule has 8 nitrogen and oxygen atoms in total. The van der Waals surface area contributed by atoms with E-state index in [1.165, 1.54) is 0 Å². The van der Waals surface area contributed by atoms with E-state index in [1.54, 1.807) is 0 Å². The van der Waals surface area contributed by atoms with Crippen molar-refractivity contribution < 1.29 is 79.4 Å². The second-order valence-electron chi connectivity index (χ2n) is 10.4. The largest absolute Gasteiger partial charge is 0.382 e. The lowest BCUT2D eigenvalue weighted by Gasteiger charge is -2.37. The average Bonchev–Trinajstić information content (AvgIpc) is 3.03. The third kappa shape index (κ3) is 6.62. The SMILES string of the molecule is O=C(c1ccc(C(F)(F)C(F)(F)C(F)(F)C(F)(F)c2ccc(C(=O)c3ccc(F)c(S(=O)(=O)O)c3)cc2)cc1)c1ccc(F)c(S(=O)(=O)O)c1. The molecule has 0 aromatic heterocycles. The van der Waals surface area contributed by atoms with Gasteiger partial charge in [-0.15, -0.1) is 0 Å². The maximum Gasteiger partial charge on any atom is 0.382 e. The summed E-state index contributed by atoms with van der Waals surface area (Å²) in [6.45, 7) is 0. The van der Waals surface area contributed by atoms with Gasteiger partial charge in [0, 0.05) is 33.4 Å². The minimum absolute atomic E-state index is 0.0197. The maximum atomic E-state index is 14.9. The molecular weight excluding hydrogens is 742 g/mol. The van der Waals surface area contributed by atoms with Crippen LogP contribution in [0.4, 0.5) is 43.9 Å². The predicted octanol–water partition coefficient (Wildman–Crippen LogP) is 7.07. The first-order chi connectivity index (χ1) is 22.7. The van der Waals surface area contributed by atoms with Crippen molar-refractivity contribution in [3.8, 4) is 0 Å². The maximum absolute atomic E-state index is 14.9. The van der Waals surface area contributed by atoms with E-state index >= 15 is 0 Å². The summed E-state index contributed by atoms with van der Waals surface area (Å²) in [7, 11) is -10.4. The fraction of sp³-hybridized carbons (Fsp3) is 0.133. The van der Waals surface area contributed by atoms with Crippen LogP contribution in [0, 0.1) is 11.6 Å². The van der Waals surface area contributed by atoms with Crippen molar-refractivity contribution in [2.75, 3.05) is 0 Å². The lowest BCUT2D eigenvalue weighted by Crippen LogP contribution is -2.59. The summed E-state index contributed by atoms with van der Waals surface area (Å²) in [6.07, 6.45) is 0. The van der Waals surface area contributed by atoms with Gasteiger partial charge in [0.2, 0.25) is 0 Å². The molecule has 50 heavy (non-hydrogen) atoms. The predicted molar refractivity (Wildman–Crippen MR) is 150 cm³/mol. The molecule has 4 aromatic carbocycles. The Morgan fingerprint density at radius 3 is 0.980 bits per heavy atom. The van der Waals surface area contributed by atoms with Crippen LogP contribution in [-0.4, -0.2) is 49.4 Å². The van der Waals surface area contributed by atoms with Gasteiger partial charge in [-0.05, 0) is 36.4 Å². The Morgan fingerprint density at radius 2 is 0.720 bits per heavy atom. The van der Waals surface area contributed by atoms with Crippen molar-refractivity contribution in [3.05, 3.63) is 130 Å². The van der Waals surface area contributed by atoms with E-state index in [-0.39, 0.29) is 24.3 Å². The van der Waals surface area contributed by atoms with Crippen molar-refractivity contribution in [3.63, 3.8) is 0 Å². The molecule has 0 spiro atoms. The van der Waals surface area contributed by atoms with Gasteiger partial charge in [0.1, 0.15) is 21.4 Å². The molecule has 266 valence electrons. The summed E-state index contributed by atoms with van der Waals surface area (Å²) in [5, 5.41) is 0. The highest BCUT2D eigenvalue weighted by molar-refractivity contribution is 7.86. The molecule has 0 aliphatic rings. The summed E-state index contributed by atoms with van der Waals surface area (Å²) in [4.78, 5) is 22.6. The van der Waals surface area contributed by atoms with Crippen LogP contribution in [0.1, 0.15) is 43.0 Å². The zero-order valence-corrected chi connectivity index (χ0v) is 25.7. The van der Waals surface area contributed by atoms with Gasteiger partial charge < -0.3 is 0 Å². The van der Waals surface area contributed by atoms with Crippen LogP contribution in [0.3, 0.4) is 0 Å². The van der Waals surface area contributed by atoms with Gasteiger partial charge in [-0.2, -0.15) is 52.0 Å². The van der Waals surface area contributed by atoms with E-state index in [0.717, 1.165) is 0 Å². The highest BCUT2D eigenvalue weighted by Crippen LogP contribution is 2.59. The lowest BCUT2D eigenvalue weighted by atomic mass is 9.89. The average molecular weight is 759 g/mol. The van der Waals surface area contributed by atoms with Crippen molar-refractivity contribution in [2.24, 2.45) is 0 Å². The number of halogens is 10. The van der Waals surface area contributed by atoms with Crippen LogP contribution in [0.5, 0.6) is 0 Å². The number of hydrogen-bond acceptors (Lipinski definition) is 6. The number of ketones is 2. The summed E-state index contributed by atoms with van der Waals surface area (Å²) in [6, 6.07) is 4.61. The molecule has 0 atom stereocenters. The number of carbonyl (C=O) groups is 2. The molecule has 0 saturated heterocycles. The molecule has 0 heterocycles. The smallest absolute Gasteiger partial charge is 0.289 e. The van der Waals surface area contributed by atoms with E-state index in [0.29, 0.717) is 60.7 Å². The normalized spacial score (nSPS) is 13.3. The monoisotopic (exact) mass is 758 g/mol. The number of rotatable bonds is 11. The third-order valence-electron chi connectivity index (χ3n) is 7.14. The molecule has 4 aromatic rings. The zero-order valence-electron chi connectivity index (χ0n) is 24.0. The topological polar surface area (TPSA) is 143 Å². The minimum atomic E-state index is -6.86. The summed E-state index contributed by atoms with van der Waals surface area (Å²) in [5.74, 6) is -31.3. The van der Waals surface area contributed by atoms with Gasteiger partial charge in [-0.1, -0.05) is 48.5 Å². The quantitative estimate of drug-likeness (QED) is 0.0940. The summed E-state index contributed by atoms with van der Waals surface area (Å²) < 4.78 is 210. The van der Waals surface area contributed by atoms with Gasteiger partial charge in [0.05, 0.1) is 0 Å². The van der Waals surface area contributed by atoms with Crippen LogP contribution >= 0.6 is 0 Å². The van der Waals surface area contributed by atoms with Crippen LogP contribution < -0.4 is 0 Å². The van der Waals surface area contributed by atoms with Crippen LogP contribution in [-0.2, 0) is 32.1 Å². The Hall–Kier alpha value is -4.66. The molecule has 2 N–H and O–H groups in total. The van der Waals surface area contributed by atoms with Crippen molar-refractivity contribution in [2.45, 2.75) is 33.5 Å². The van der Waals surface area contributed by atoms with E-state index < -0.39 is 110 Å². The Kier molecular flexibility index (Phi) is 9.60. The van der Waals surface area contributed by atoms with Gasteiger partial charge >= 0.3 is 23.7 Å².